The Morgan fingerprint density at radius 3 is 2.88 bits per heavy atom. The van der Waals surface area contributed by atoms with Crippen LogP contribution in [-0.2, 0) is 4.74 Å². The fraction of sp³-hybridized carbons (Fsp3) is 0.692. The van der Waals surface area contributed by atoms with Crippen molar-refractivity contribution in [2.24, 2.45) is 5.92 Å². The van der Waals surface area contributed by atoms with Crippen molar-refractivity contribution in [2.75, 3.05) is 19.8 Å². The van der Waals surface area contributed by atoms with Crippen molar-refractivity contribution in [3.05, 3.63) is 24.0 Å². The summed E-state index contributed by atoms with van der Waals surface area (Å²) in [4.78, 5) is 0. The van der Waals surface area contributed by atoms with Gasteiger partial charge in [-0.25, -0.2) is 0 Å². The highest BCUT2D eigenvalue weighted by Gasteiger charge is 2.24. The first kappa shape index (κ1) is 12.5. The lowest BCUT2D eigenvalue weighted by Gasteiger charge is -2.31. The summed E-state index contributed by atoms with van der Waals surface area (Å²) in [6.07, 6.45) is 7.06. The molecular weight excluding hydrogens is 214 g/mol. The molecule has 1 N–H and O–H groups in total. The molecule has 1 atom stereocenters. The van der Waals surface area contributed by atoms with Crippen LogP contribution in [0.25, 0.3) is 0 Å². The Bertz CT molecular complexity index is 312. The average molecular weight is 235 g/mol. The van der Waals surface area contributed by atoms with E-state index >= 15 is 0 Å². The fourth-order valence-corrected chi connectivity index (χ4v) is 2.39. The molecule has 17 heavy (non-hydrogen) atoms. The first-order chi connectivity index (χ1) is 8.42. The molecule has 1 aromatic heterocycles. The Kier molecular flexibility index (Phi) is 4.88. The topological polar surface area (TPSA) is 47.0 Å². The van der Waals surface area contributed by atoms with Crippen molar-refractivity contribution >= 4 is 0 Å². The summed E-state index contributed by atoms with van der Waals surface area (Å²) in [6, 6.07) is 2.46. The number of nitrogens with one attached hydrogen (secondary N) is 1. The van der Waals surface area contributed by atoms with Crippen molar-refractivity contribution in [1.82, 2.24) is 15.5 Å². The van der Waals surface area contributed by atoms with Gasteiger partial charge in [-0.05, 0) is 43.4 Å². The monoisotopic (exact) mass is 235 g/mol. The third-order valence-electron chi connectivity index (χ3n) is 3.32. The number of hydrogen-bond donors (Lipinski definition) is 1. The molecule has 0 spiro atoms. The van der Waals surface area contributed by atoms with Crippen LogP contribution in [0.1, 0.15) is 37.8 Å². The molecule has 1 aromatic rings. The minimum Gasteiger partial charge on any atom is -0.381 e. The van der Waals surface area contributed by atoms with Crippen LogP contribution >= 0.6 is 0 Å². The molecule has 0 saturated carbocycles. The Morgan fingerprint density at radius 2 is 2.24 bits per heavy atom. The molecule has 4 heteroatoms. The molecule has 1 unspecified atom stereocenters. The maximum Gasteiger partial charge on any atom is 0.0544 e. The van der Waals surface area contributed by atoms with Crippen molar-refractivity contribution in [2.45, 2.75) is 32.2 Å². The molecule has 1 aliphatic heterocycles. The Morgan fingerprint density at radius 1 is 1.41 bits per heavy atom. The second kappa shape index (κ2) is 6.67. The minimum absolute atomic E-state index is 0.398. The van der Waals surface area contributed by atoms with E-state index in [1.165, 1.54) is 5.56 Å². The summed E-state index contributed by atoms with van der Waals surface area (Å²) < 4.78 is 5.43. The second-order valence-electron chi connectivity index (χ2n) is 4.56. The van der Waals surface area contributed by atoms with Crippen LogP contribution in [-0.4, -0.2) is 30.0 Å². The largest absolute Gasteiger partial charge is 0.381 e. The summed E-state index contributed by atoms with van der Waals surface area (Å²) >= 11 is 0. The molecule has 1 fully saturated rings. The third kappa shape index (κ3) is 3.48. The zero-order chi connectivity index (χ0) is 11.9. The van der Waals surface area contributed by atoms with Crippen LogP contribution in [0.3, 0.4) is 0 Å². The van der Waals surface area contributed by atoms with Crippen molar-refractivity contribution in [3.8, 4) is 0 Å². The van der Waals surface area contributed by atoms with Crippen molar-refractivity contribution in [1.29, 1.82) is 0 Å². The van der Waals surface area contributed by atoms with Gasteiger partial charge in [-0.1, -0.05) is 6.92 Å². The highest BCUT2D eigenvalue weighted by Crippen LogP contribution is 2.29. The molecule has 0 aliphatic carbocycles. The fourth-order valence-electron chi connectivity index (χ4n) is 2.39. The maximum atomic E-state index is 5.43. The molecule has 1 aliphatic rings. The van der Waals surface area contributed by atoms with E-state index in [0.717, 1.165) is 39.0 Å². The van der Waals surface area contributed by atoms with Gasteiger partial charge in [-0.15, -0.1) is 0 Å². The third-order valence-corrected chi connectivity index (χ3v) is 3.32. The van der Waals surface area contributed by atoms with E-state index in [9.17, 15) is 0 Å². The van der Waals surface area contributed by atoms with Gasteiger partial charge in [0.25, 0.3) is 0 Å². The predicted octanol–water partition coefficient (Wildman–Crippen LogP) is 1.94. The standard InChI is InChI=1S/C13H21N3O/c1-2-6-14-13(11-4-8-17-9-5-11)12-3-7-15-16-10-12/h3,7,10-11,13-14H,2,4-6,8-9H2,1H3. The van der Waals surface area contributed by atoms with Gasteiger partial charge in [0.1, 0.15) is 0 Å². The molecule has 1 saturated heterocycles. The van der Waals surface area contributed by atoms with Crippen LogP contribution in [0.5, 0.6) is 0 Å². The maximum absolute atomic E-state index is 5.43. The van der Waals surface area contributed by atoms with Crippen molar-refractivity contribution < 1.29 is 4.74 Å². The number of aromatic nitrogens is 2. The molecule has 0 amide bonds. The van der Waals surface area contributed by atoms with E-state index in [1.54, 1.807) is 6.20 Å². The summed E-state index contributed by atoms with van der Waals surface area (Å²) in [6.45, 7) is 5.00. The van der Waals surface area contributed by atoms with E-state index in [2.05, 4.69) is 28.5 Å². The Labute approximate surface area is 103 Å². The highest BCUT2D eigenvalue weighted by molar-refractivity contribution is 5.13. The quantitative estimate of drug-likeness (QED) is 0.847. The van der Waals surface area contributed by atoms with Gasteiger partial charge in [0.2, 0.25) is 0 Å². The molecule has 0 aromatic carbocycles. The number of rotatable bonds is 5. The van der Waals surface area contributed by atoms with E-state index in [4.69, 9.17) is 4.74 Å². The Balaban J connectivity index is 2.06. The van der Waals surface area contributed by atoms with E-state index in [0.29, 0.717) is 12.0 Å². The zero-order valence-corrected chi connectivity index (χ0v) is 10.4. The molecule has 0 bridgehead atoms. The number of ether oxygens (including phenoxy) is 1. The van der Waals surface area contributed by atoms with Gasteiger partial charge < -0.3 is 10.1 Å². The molecule has 0 radical (unpaired) electrons. The highest BCUT2D eigenvalue weighted by atomic mass is 16.5. The second-order valence-corrected chi connectivity index (χ2v) is 4.56. The lowest BCUT2D eigenvalue weighted by atomic mass is 9.88. The summed E-state index contributed by atoms with van der Waals surface area (Å²) in [5.74, 6) is 0.652. The summed E-state index contributed by atoms with van der Waals surface area (Å²) in [5, 5.41) is 11.5. The number of hydrogen-bond acceptors (Lipinski definition) is 4. The van der Waals surface area contributed by atoms with Crippen molar-refractivity contribution in [3.63, 3.8) is 0 Å². The van der Waals surface area contributed by atoms with Crippen LogP contribution in [0.4, 0.5) is 0 Å². The molecule has 94 valence electrons. The Hall–Kier alpha value is -1.00. The predicted molar refractivity (Wildman–Crippen MR) is 66.6 cm³/mol. The van der Waals surface area contributed by atoms with Crippen LogP contribution in [0, 0.1) is 5.92 Å². The molecular formula is C13H21N3O. The van der Waals surface area contributed by atoms with Gasteiger partial charge >= 0.3 is 0 Å². The smallest absolute Gasteiger partial charge is 0.0544 e. The summed E-state index contributed by atoms with van der Waals surface area (Å²) in [7, 11) is 0. The van der Waals surface area contributed by atoms with Gasteiger partial charge in [0.15, 0.2) is 0 Å². The molecule has 4 nitrogen and oxygen atoms in total. The van der Waals surface area contributed by atoms with Gasteiger partial charge in [-0.2, -0.15) is 10.2 Å². The first-order valence-corrected chi connectivity index (χ1v) is 6.49. The molecule has 2 rings (SSSR count). The average Bonchev–Trinajstić information content (AvgIpc) is 2.42. The van der Waals surface area contributed by atoms with Crippen LogP contribution < -0.4 is 5.32 Å². The number of nitrogens with zero attached hydrogens (tertiary/aromatic N) is 2. The lowest BCUT2D eigenvalue weighted by Crippen LogP contribution is -2.32. The lowest BCUT2D eigenvalue weighted by molar-refractivity contribution is 0.0535. The van der Waals surface area contributed by atoms with Gasteiger partial charge in [0.05, 0.1) is 6.20 Å². The normalized spacial score (nSPS) is 19.1. The molecule has 2 heterocycles. The van der Waals surface area contributed by atoms with Crippen LogP contribution in [0.15, 0.2) is 18.5 Å². The van der Waals surface area contributed by atoms with E-state index in [1.807, 2.05) is 6.20 Å². The van der Waals surface area contributed by atoms with Crippen LogP contribution in [0.2, 0.25) is 0 Å². The van der Waals surface area contributed by atoms with E-state index in [-0.39, 0.29) is 0 Å². The van der Waals surface area contributed by atoms with E-state index < -0.39 is 0 Å². The van der Waals surface area contributed by atoms with Gasteiger partial charge in [0, 0.05) is 25.5 Å². The zero-order valence-electron chi connectivity index (χ0n) is 10.4. The minimum atomic E-state index is 0.398. The SMILES string of the molecule is CCCNC(c1ccnnc1)C1CCOCC1. The first-order valence-electron chi connectivity index (χ1n) is 6.49. The van der Waals surface area contributed by atoms with Gasteiger partial charge in [-0.3, -0.25) is 0 Å². The summed E-state index contributed by atoms with van der Waals surface area (Å²) in [5.41, 5.74) is 1.25.